The van der Waals surface area contributed by atoms with E-state index in [4.69, 9.17) is 9.72 Å². The molecule has 0 saturated heterocycles. The van der Waals surface area contributed by atoms with Gasteiger partial charge in [0.1, 0.15) is 22.9 Å². The van der Waals surface area contributed by atoms with Gasteiger partial charge in [-0.25, -0.2) is 4.98 Å². The molecule has 4 aromatic heterocycles. The second-order valence-electron chi connectivity index (χ2n) is 7.60. The number of nitrogens with zero attached hydrogens (tertiary/aromatic N) is 3. The van der Waals surface area contributed by atoms with Gasteiger partial charge >= 0.3 is 6.18 Å². The molecule has 0 aromatic carbocycles. The number of ether oxygens (including phenoxy) is 1. The molecule has 1 aliphatic carbocycles. The highest BCUT2D eigenvalue weighted by Crippen LogP contribution is 2.41. The van der Waals surface area contributed by atoms with E-state index < -0.39 is 11.1 Å². The molecule has 10 heteroatoms. The van der Waals surface area contributed by atoms with Gasteiger partial charge in [-0.05, 0) is 50.1 Å². The Morgan fingerprint density at radius 2 is 1.97 bits per heavy atom. The number of fused-ring (bicyclic) bond motifs is 1. The zero-order valence-electron chi connectivity index (χ0n) is 16.9. The summed E-state index contributed by atoms with van der Waals surface area (Å²) < 4.78 is 47.1. The Bertz CT molecular complexity index is 1340. The van der Waals surface area contributed by atoms with E-state index in [0.717, 1.165) is 23.1 Å². The molecular formula is C22H19ClF3N3O2S. The monoisotopic (exact) mass is 481 g/mol. The van der Waals surface area contributed by atoms with Crippen LogP contribution < -0.4 is 10.3 Å². The van der Waals surface area contributed by atoms with Gasteiger partial charge in [-0.2, -0.15) is 13.2 Å². The molecule has 0 spiro atoms. The Morgan fingerprint density at radius 1 is 1.19 bits per heavy atom. The lowest BCUT2D eigenvalue weighted by molar-refractivity contribution is -0.134. The van der Waals surface area contributed by atoms with Gasteiger partial charge < -0.3 is 9.14 Å². The Hall–Kier alpha value is -2.78. The number of hydrogen-bond donors (Lipinski definition) is 0. The van der Waals surface area contributed by atoms with E-state index in [1.54, 1.807) is 12.3 Å². The summed E-state index contributed by atoms with van der Waals surface area (Å²) in [6.07, 6.45) is 1.46. The molecule has 0 N–H and O–H groups in total. The van der Waals surface area contributed by atoms with Crippen LogP contribution in [0.2, 0.25) is 0 Å². The summed E-state index contributed by atoms with van der Waals surface area (Å²) in [4.78, 5) is 17.1. The van der Waals surface area contributed by atoms with Crippen molar-refractivity contribution in [2.24, 2.45) is 0 Å². The first-order valence-electron chi connectivity index (χ1n) is 9.80. The van der Waals surface area contributed by atoms with E-state index in [1.165, 1.54) is 29.5 Å². The molecule has 32 heavy (non-hydrogen) atoms. The first kappa shape index (κ1) is 22.4. The fourth-order valence-electron chi connectivity index (χ4n) is 3.58. The van der Waals surface area contributed by atoms with Gasteiger partial charge in [0.15, 0.2) is 0 Å². The van der Waals surface area contributed by atoms with Gasteiger partial charge in [-0.1, -0.05) is 0 Å². The molecule has 5 rings (SSSR count). The van der Waals surface area contributed by atoms with Crippen molar-refractivity contribution in [2.45, 2.75) is 38.5 Å². The van der Waals surface area contributed by atoms with E-state index in [1.807, 2.05) is 29.7 Å². The first-order chi connectivity index (χ1) is 14.8. The zero-order chi connectivity index (χ0) is 21.8. The lowest BCUT2D eigenvalue weighted by Gasteiger charge is -2.09. The predicted octanol–water partition coefficient (Wildman–Crippen LogP) is 5.75. The minimum absolute atomic E-state index is 0. The summed E-state index contributed by atoms with van der Waals surface area (Å²) in [6.45, 7) is 2.00. The van der Waals surface area contributed by atoms with Gasteiger partial charge in [0.05, 0.1) is 11.4 Å². The molecule has 0 bridgehead atoms. The van der Waals surface area contributed by atoms with Gasteiger partial charge in [0.25, 0.3) is 5.56 Å². The second-order valence-corrected chi connectivity index (χ2v) is 8.76. The van der Waals surface area contributed by atoms with Crippen LogP contribution in [0.25, 0.3) is 11.3 Å². The van der Waals surface area contributed by atoms with Crippen molar-refractivity contribution in [3.05, 3.63) is 80.3 Å². The van der Waals surface area contributed by atoms with Crippen LogP contribution in [0.5, 0.6) is 5.75 Å². The predicted molar refractivity (Wildman–Crippen MR) is 118 cm³/mol. The SMILES string of the molecule is Cc1c(C2CC2)nc2ccc(-n3ccc(OCc4ccc(C(F)(F)F)s4)cc3=O)cn12.Cl. The van der Waals surface area contributed by atoms with E-state index in [2.05, 4.69) is 0 Å². The Labute approximate surface area is 191 Å². The van der Waals surface area contributed by atoms with E-state index >= 15 is 0 Å². The van der Waals surface area contributed by atoms with E-state index in [-0.39, 0.29) is 24.6 Å². The molecule has 0 radical (unpaired) electrons. The van der Waals surface area contributed by atoms with Crippen molar-refractivity contribution in [3.8, 4) is 11.4 Å². The van der Waals surface area contributed by atoms with Crippen LogP contribution in [0.1, 0.15) is 39.9 Å². The Balaban J connectivity index is 0.00000245. The van der Waals surface area contributed by atoms with Crippen LogP contribution in [0.4, 0.5) is 13.2 Å². The van der Waals surface area contributed by atoms with Gasteiger partial charge in [-0.15, -0.1) is 23.7 Å². The van der Waals surface area contributed by atoms with Crippen molar-refractivity contribution < 1.29 is 17.9 Å². The summed E-state index contributed by atoms with van der Waals surface area (Å²) in [5.74, 6) is 0.845. The largest absolute Gasteiger partial charge is 0.488 e. The Morgan fingerprint density at radius 3 is 2.62 bits per heavy atom. The quantitative estimate of drug-likeness (QED) is 0.364. The second kappa shape index (κ2) is 8.29. The standard InChI is InChI=1S/C22H18F3N3O2S.ClH/c1-13-21(14-2-3-14)26-19-7-4-15(11-28(13)19)27-9-8-16(10-20(27)29)30-12-17-5-6-18(31-17)22(23,24)25;/h4-11,14H,2-3,12H2,1H3;1H. The summed E-state index contributed by atoms with van der Waals surface area (Å²) in [5, 5.41) is 0. The number of aryl methyl sites for hydroxylation is 1. The highest BCUT2D eigenvalue weighted by Gasteiger charge is 2.32. The van der Waals surface area contributed by atoms with Crippen molar-refractivity contribution >= 4 is 29.4 Å². The third kappa shape index (κ3) is 4.27. The third-order valence-electron chi connectivity index (χ3n) is 5.33. The fourth-order valence-corrected chi connectivity index (χ4v) is 4.37. The van der Waals surface area contributed by atoms with Crippen molar-refractivity contribution in [2.75, 3.05) is 0 Å². The van der Waals surface area contributed by atoms with E-state index in [0.29, 0.717) is 33.6 Å². The molecule has 1 aliphatic rings. The lowest BCUT2D eigenvalue weighted by Crippen LogP contribution is -2.17. The van der Waals surface area contributed by atoms with Crippen LogP contribution in [0.3, 0.4) is 0 Å². The molecule has 0 unspecified atom stereocenters. The smallest absolute Gasteiger partial charge is 0.425 e. The molecule has 4 heterocycles. The number of imidazole rings is 1. The zero-order valence-corrected chi connectivity index (χ0v) is 18.6. The molecular weight excluding hydrogens is 463 g/mol. The number of aromatic nitrogens is 3. The Kier molecular flexibility index (Phi) is 5.81. The van der Waals surface area contributed by atoms with Crippen molar-refractivity contribution in [3.63, 3.8) is 0 Å². The maximum absolute atomic E-state index is 12.7. The van der Waals surface area contributed by atoms with Crippen LogP contribution in [-0.4, -0.2) is 14.0 Å². The number of alkyl halides is 3. The van der Waals surface area contributed by atoms with Crippen molar-refractivity contribution in [1.82, 2.24) is 14.0 Å². The molecule has 0 aliphatic heterocycles. The van der Waals surface area contributed by atoms with Crippen LogP contribution in [-0.2, 0) is 12.8 Å². The summed E-state index contributed by atoms with van der Waals surface area (Å²) >= 11 is 0.632. The van der Waals surface area contributed by atoms with Crippen molar-refractivity contribution in [1.29, 1.82) is 0 Å². The van der Waals surface area contributed by atoms with Crippen LogP contribution in [0, 0.1) is 6.92 Å². The molecule has 0 atom stereocenters. The maximum atomic E-state index is 12.7. The fraction of sp³-hybridized carbons (Fsp3) is 0.273. The average Bonchev–Trinajstić information content (AvgIpc) is 3.35. The van der Waals surface area contributed by atoms with Gasteiger partial charge in [0.2, 0.25) is 0 Å². The number of rotatable bonds is 5. The molecule has 1 fully saturated rings. The molecule has 5 nitrogen and oxygen atoms in total. The highest BCUT2D eigenvalue weighted by atomic mass is 35.5. The third-order valence-corrected chi connectivity index (χ3v) is 6.44. The number of halogens is 4. The topological polar surface area (TPSA) is 48.5 Å². The van der Waals surface area contributed by atoms with Crippen LogP contribution in [0.15, 0.2) is 53.6 Å². The average molecular weight is 482 g/mol. The molecule has 0 amide bonds. The minimum atomic E-state index is -4.36. The molecule has 168 valence electrons. The number of pyridine rings is 2. The summed E-state index contributed by atoms with van der Waals surface area (Å²) in [5.41, 5.74) is 3.46. The van der Waals surface area contributed by atoms with Gasteiger partial charge in [-0.3, -0.25) is 9.36 Å². The summed E-state index contributed by atoms with van der Waals surface area (Å²) in [6, 6.07) is 9.10. The number of hydrogen-bond acceptors (Lipinski definition) is 4. The lowest BCUT2D eigenvalue weighted by atomic mass is 10.2. The molecule has 1 saturated carbocycles. The summed E-state index contributed by atoms with van der Waals surface area (Å²) in [7, 11) is 0. The first-order valence-corrected chi connectivity index (χ1v) is 10.6. The van der Waals surface area contributed by atoms with E-state index in [9.17, 15) is 18.0 Å². The normalized spacial score (nSPS) is 13.9. The minimum Gasteiger partial charge on any atom is -0.488 e. The van der Waals surface area contributed by atoms with Gasteiger partial charge in [0, 0.05) is 34.9 Å². The maximum Gasteiger partial charge on any atom is 0.425 e. The highest BCUT2D eigenvalue weighted by molar-refractivity contribution is 7.12. The van der Waals surface area contributed by atoms with Crippen LogP contribution >= 0.6 is 23.7 Å². The number of thiophene rings is 1. The molecule has 4 aromatic rings.